The molecule has 4 rings (SSSR count). The molecule has 0 amide bonds. The van der Waals surface area contributed by atoms with Crippen molar-refractivity contribution in [1.29, 1.82) is 0 Å². The van der Waals surface area contributed by atoms with E-state index in [0.29, 0.717) is 31.2 Å². The molecule has 1 fully saturated rings. The van der Waals surface area contributed by atoms with Crippen LogP contribution in [0.15, 0.2) is 70.0 Å². The first-order valence-corrected chi connectivity index (χ1v) is 13.7. The summed E-state index contributed by atoms with van der Waals surface area (Å²) in [6, 6.07) is 19.8. The fourth-order valence-electron chi connectivity index (χ4n) is 4.37. The zero-order valence-corrected chi connectivity index (χ0v) is 22.3. The first-order chi connectivity index (χ1) is 16.4. The molecule has 34 heavy (non-hydrogen) atoms. The summed E-state index contributed by atoms with van der Waals surface area (Å²) in [5.74, 6) is 0. The fraction of sp³-hybridized carbons (Fsp3) is 0.385. The molecule has 0 radical (unpaired) electrons. The highest BCUT2D eigenvalue weighted by atomic mass is 79.9. The van der Waals surface area contributed by atoms with E-state index in [4.69, 9.17) is 9.84 Å². The minimum absolute atomic E-state index is 0.277. The first-order valence-electron chi connectivity index (χ1n) is 11.4. The van der Waals surface area contributed by atoms with Crippen molar-refractivity contribution in [3.8, 4) is 0 Å². The van der Waals surface area contributed by atoms with Gasteiger partial charge in [-0.25, -0.2) is 8.42 Å². The van der Waals surface area contributed by atoms with Crippen molar-refractivity contribution < 1.29 is 18.3 Å². The average molecular weight is 550 g/mol. The van der Waals surface area contributed by atoms with Crippen molar-refractivity contribution in [2.24, 2.45) is 0 Å². The van der Waals surface area contributed by atoms with Gasteiger partial charge in [-0.15, -0.1) is 0 Å². The molecule has 1 aliphatic rings. The Morgan fingerprint density at radius 2 is 1.71 bits per heavy atom. The topological polar surface area (TPSA) is 70.1 Å². The number of ether oxygens (including phenoxy) is 1. The Morgan fingerprint density at radius 1 is 1.03 bits per heavy atom. The molecule has 0 spiro atoms. The number of nitrogens with zero attached hydrogens (tertiary/aromatic N) is 2. The molecule has 8 heteroatoms. The van der Waals surface area contributed by atoms with Gasteiger partial charge in [0.05, 0.1) is 11.5 Å². The molecular weight excluding hydrogens is 516 g/mol. The van der Waals surface area contributed by atoms with E-state index >= 15 is 0 Å². The van der Waals surface area contributed by atoms with Crippen LogP contribution >= 0.6 is 15.9 Å². The molecule has 3 aromatic carbocycles. The molecule has 3 aromatic rings. The smallest absolute Gasteiger partial charge is 0.243 e. The summed E-state index contributed by atoms with van der Waals surface area (Å²) in [4.78, 5) is 2.65. The number of aliphatic hydroxyl groups is 1. The van der Waals surface area contributed by atoms with Gasteiger partial charge in [-0.1, -0.05) is 46.3 Å². The van der Waals surface area contributed by atoms with Crippen LogP contribution in [0.5, 0.6) is 0 Å². The molecule has 1 aliphatic heterocycles. The molecule has 6 nitrogen and oxygen atoms in total. The van der Waals surface area contributed by atoms with Crippen molar-refractivity contribution >= 4 is 42.4 Å². The Bertz CT molecular complexity index is 1190. The lowest BCUT2D eigenvalue weighted by Gasteiger charge is -2.38. The SMILES string of the molecule is CCOCc1cc(Br)ccc1N(C)C1CCN(S(=O)(=O)c2ccc3ccccc3c2)CC1.CO. The third kappa shape index (κ3) is 5.98. The van der Waals surface area contributed by atoms with Crippen molar-refractivity contribution in [1.82, 2.24) is 4.31 Å². The van der Waals surface area contributed by atoms with Crippen LogP contribution in [-0.2, 0) is 21.4 Å². The molecule has 0 unspecified atom stereocenters. The maximum atomic E-state index is 13.3. The van der Waals surface area contributed by atoms with Crippen molar-refractivity contribution in [3.05, 3.63) is 70.7 Å². The minimum Gasteiger partial charge on any atom is -0.400 e. The standard InChI is InChI=1S/C25H29BrN2O3S.CH4O/c1-3-31-18-21-16-22(26)9-11-25(21)27(2)23-12-14-28(15-13-23)32(29,30)24-10-8-19-6-4-5-7-20(19)17-24;1-2/h4-11,16-17,23H,3,12-15,18H2,1-2H3;2H,1H3. The van der Waals surface area contributed by atoms with E-state index in [0.717, 1.165) is 46.4 Å². The number of rotatable bonds is 7. The van der Waals surface area contributed by atoms with Crippen molar-refractivity contribution in [2.45, 2.75) is 37.3 Å². The lowest BCUT2D eigenvalue weighted by atomic mass is 10.0. The summed E-state index contributed by atoms with van der Waals surface area (Å²) in [5, 5.41) is 8.99. The number of hydrogen-bond donors (Lipinski definition) is 1. The maximum absolute atomic E-state index is 13.3. The largest absolute Gasteiger partial charge is 0.400 e. The van der Waals surface area contributed by atoms with Crippen molar-refractivity contribution in [2.75, 3.05) is 38.8 Å². The van der Waals surface area contributed by atoms with Gasteiger partial charge in [0.25, 0.3) is 0 Å². The Morgan fingerprint density at radius 3 is 2.38 bits per heavy atom. The van der Waals surface area contributed by atoms with Crippen LogP contribution in [0.3, 0.4) is 0 Å². The van der Waals surface area contributed by atoms with Gasteiger partial charge in [0.2, 0.25) is 10.0 Å². The normalized spacial score (nSPS) is 15.1. The van der Waals surface area contributed by atoms with Crippen LogP contribution in [-0.4, -0.2) is 57.7 Å². The Balaban J connectivity index is 0.00000158. The summed E-state index contributed by atoms with van der Waals surface area (Å²) >= 11 is 3.55. The summed E-state index contributed by atoms with van der Waals surface area (Å²) in [5.41, 5.74) is 2.27. The van der Waals surface area contributed by atoms with Crippen molar-refractivity contribution in [3.63, 3.8) is 0 Å². The molecule has 0 aliphatic carbocycles. The van der Waals surface area contributed by atoms with Crippen LogP contribution in [0.4, 0.5) is 5.69 Å². The zero-order valence-electron chi connectivity index (χ0n) is 19.9. The van der Waals surface area contributed by atoms with Crippen LogP contribution < -0.4 is 4.90 Å². The van der Waals surface area contributed by atoms with Gasteiger partial charge in [-0.3, -0.25) is 0 Å². The van der Waals surface area contributed by atoms with Gasteiger partial charge < -0.3 is 14.7 Å². The second kappa shape index (κ2) is 12.1. The number of aliphatic hydroxyl groups excluding tert-OH is 1. The Kier molecular flexibility index (Phi) is 9.50. The number of benzene rings is 3. The van der Waals surface area contributed by atoms with Gasteiger partial charge in [-0.2, -0.15) is 4.31 Å². The predicted molar refractivity (Wildman–Crippen MR) is 142 cm³/mol. The highest BCUT2D eigenvalue weighted by molar-refractivity contribution is 9.10. The maximum Gasteiger partial charge on any atom is 0.243 e. The molecule has 1 heterocycles. The van der Waals surface area contributed by atoms with Gasteiger partial charge >= 0.3 is 0 Å². The molecule has 1 saturated heterocycles. The summed E-state index contributed by atoms with van der Waals surface area (Å²) < 4.78 is 34.9. The van der Waals surface area contributed by atoms with Gasteiger partial charge in [0.15, 0.2) is 0 Å². The molecule has 184 valence electrons. The second-order valence-corrected chi connectivity index (χ2v) is 11.0. The van der Waals surface area contributed by atoms with E-state index in [2.05, 4.69) is 40.0 Å². The van der Waals surface area contributed by atoms with E-state index in [1.807, 2.05) is 43.3 Å². The van der Waals surface area contributed by atoms with Crippen LogP contribution in [0.1, 0.15) is 25.3 Å². The predicted octanol–water partition coefficient (Wildman–Crippen LogP) is 5.04. The molecule has 1 N–H and O–H groups in total. The van der Waals surface area contributed by atoms with Crippen LogP contribution in [0.2, 0.25) is 0 Å². The third-order valence-electron chi connectivity index (χ3n) is 6.21. The molecule has 0 aromatic heterocycles. The fourth-order valence-corrected chi connectivity index (χ4v) is 6.28. The summed E-state index contributed by atoms with van der Waals surface area (Å²) in [6.07, 6.45) is 1.57. The summed E-state index contributed by atoms with van der Waals surface area (Å²) in [7, 11) is -0.410. The van der Waals surface area contributed by atoms with E-state index in [1.165, 1.54) is 0 Å². The highest BCUT2D eigenvalue weighted by Crippen LogP contribution is 2.30. The number of fused-ring (bicyclic) bond motifs is 1. The number of piperidine rings is 1. The number of sulfonamides is 1. The van der Waals surface area contributed by atoms with E-state index in [1.54, 1.807) is 16.4 Å². The lowest BCUT2D eigenvalue weighted by Crippen LogP contribution is -2.45. The highest BCUT2D eigenvalue weighted by Gasteiger charge is 2.31. The van der Waals surface area contributed by atoms with E-state index < -0.39 is 10.0 Å². The van der Waals surface area contributed by atoms with Gasteiger partial charge in [-0.05, 0) is 60.9 Å². The Hall–Kier alpha value is -1.97. The zero-order chi connectivity index (χ0) is 24.7. The number of hydrogen-bond acceptors (Lipinski definition) is 5. The quantitative estimate of drug-likeness (QED) is 0.448. The van der Waals surface area contributed by atoms with Crippen LogP contribution in [0.25, 0.3) is 10.8 Å². The number of anilines is 1. The second-order valence-electron chi connectivity index (χ2n) is 8.17. The average Bonchev–Trinajstić information content (AvgIpc) is 2.88. The molecular formula is C26H33BrN2O4S. The van der Waals surface area contributed by atoms with Gasteiger partial charge in [0, 0.05) is 55.6 Å². The minimum atomic E-state index is -3.50. The third-order valence-corrected chi connectivity index (χ3v) is 8.60. The Labute approximate surface area is 211 Å². The molecule has 0 atom stereocenters. The van der Waals surface area contributed by atoms with Gasteiger partial charge in [0.1, 0.15) is 0 Å². The number of halogens is 1. The van der Waals surface area contributed by atoms with Crippen LogP contribution in [0, 0.1) is 0 Å². The lowest BCUT2D eigenvalue weighted by molar-refractivity contribution is 0.134. The first kappa shape index (κ1) is 26.6. The molecule has 0 bridgehead atoms. The summed E-state index contributed by atoms with van der Waals surface area (Å²) in [6.45, 7) is 4.25. The molecule has 0 saturated carbocycles. The van der Waals surface area contributed by atoms with E-state index in [9.17, 15) is 8.42 Å². The van der Waals surface area contributed by atoms with E-state index in [-0.39, 0.29) is 6.04 Å². The monoisotopic (exact) mass is 548 g/mol.